The number of benzene rings is 2. The summed E-state index contributed by atoms with van der Waals surface area (Å²) in [5.41, 5.74) is 3.52. The average Bonchev–Trinajstić information content (AvgIpc) is 2.82. The lowest BCUT2D eigenvalue weighted by molar-refractivity contribution is -0.119. The topological polar surface area (TPSA) is 86.8 Å². The molecule has 1 heterocycles. The van der Waals surface area contributed by atoms with Crippen LogP contribution in [0.4, 0.5) is 5.69 Å². The highest BCUT2D eigenvalue weighted by Gasteiger charge is 2.23. The largest absolute Gasteiger partial charge is 0.495 e. The number of nitrogens with one attached hydrogen (secondary N) is 1. The van der Waals surface area contributed by atoms with Gasteiger partial charge in [-0.2, -0.15) is 0 Å². The number of methoxy groups -OCH3 is 2. The van der Waals surface area contributed by atoms with Crippen LogP contribution in [0.2, 0.25) is 5.02 Å². The molecule has 1 aliphatic carbocycles. The molecule has 0 aliphatic heterocycles. The standard InChI is InChI=1S/C26H27ClN2O5/c1-32-22-14-23(33-2)21(13-18(22)27)29-24(30)15-34-26(31)25-16-9-5-3-4-6-11-19(16)28-20-12-8-7-10-17(20)25/h7-8,10,12-14H,3-6,9,11,15H2,1-2H3,(H,29,30). The summed E-state index contributed by atoms with van der Waals surface area (Å²) in [6, 6.07) is 10.7. The Labute approximate surface area is 203 Å². The summed E-state index contributed by atoms with van der Waals surface area (Å²) in [5.74, 6) is -0.231. The number of anilines is 1. The number of para-hydroxylation sites is 1. The van der Waals surface area contributed by atoms with Crippen LogP contribution < -0.4 is 14.8 Å². The number of pyridine rings is 1. The lowest BCUT2D eigenvalue weighted by Crippen LogP contribution is -2.22. The molecular formula is C26H27ClN2O5. The first-order valence-corrected chi connectivity index (χ1v) is 11.7. The van der Waals surface area contributed by atoms with Crippen LogP contribution in [0.5, 0.6) is 11.5 Å². The van der Waals surface area contributed by atoms with Crippen molar-refractivity contribution in [1.29, 1.82) is 0 Å². The number of aryl methyl sites for hydroxylation is 1. The van der Waals surface area contributed by atoms with Crippen LogP contribution in [0.15, 0.2) is 36.4 Å². The molecule has 1 aromatic heterocycles. The van der Waals surface area contributed by atoms with Crippen molar-refractivity contribution < 1.29 is 23.8 Å². The molecule has 0 radical (unpaired) electrons. The number of aromatic nitrogens is 1. The number of esters is 1. The van der Waals surface area contributed by atoms with Crippen molar-refractivity contribution >= 4 is 40.1 Å². The predicted octanol–water partition coefficient (Wildman–Crippen LogP) is 5.36. The Morgan fingerprint density at radius 2 is 1.74 bits per heavy atom. The van der Waals surface area contributed by atoms with E-state index >= 15 is 0 Å². The third-order valence-corrected chi connectivity index (χ3v) is 6.25. The van der Waals surface area contributed by atoms with Crippen molar-refractivity contribution in [3.05, 3.63) is 58.2 Å². The summed E-state index contributed by atoms with van der Waals surface area (Å²) in [4.78, 5) is 30.7. The van der Waals surface area contributed by atoms with E-state index in [1.807, 2.05) is 24.3 Å². The van der Waals surface area contributed by atoms with Crippen LogP contribution in [-0.4, -0.2) is 37.7 Å². The molecule has 7 nitrogen and oxygen atoms in total. The maximum Gasteiger partial charge on any atom is 0.339 e. The molecule has 34 heavy (non-hydrogen) atoms. The van der Waals surface area contributed by atoms with Gasteiger partial charge in [0.1, 0.15) is 11.5 Å². The van der Waals surface area contributed by atoms with Crippen LogP contribution >= 0.6 is 11.6 Å². The van der Waals surface area contributed by atoms with Gasteiger partial charge in [-0.1, -0.05) is 42.6 Å². The van der Waals surface area contributed by atoms with Crippen LogP contribution in [0, 0.1) is 0 Å². The number of nitrogens with zero attached hydrogens (tertiary/aromatic N) is 1. The molecule has 0 fully saturated rings. The fourth-order valence-corrected chi connectivity index (χ4v) is 4.55. The van der Waals surface area contributed by atoms with Crippen molar-refractivity contribution in [3.8, 4) is 11.5 Å². The number of rotatable bonds is 6. The summed E-state index contributed by atoms with van der Waals surface area (Å²) < 4.78 is 16.0. The number of halogens is 1. The predicted molar refractivity (Wildman–Crippen MR) is 131 cm³/mol. The maximum atomic E-state index is 13.3. The van der Waals surface area contributed by atoms with Crippen molar-refractivity contribution in [2.45, 2.75) is 38.5 Å². The molecule has 0 bridgehead atoms. The van der Waals surface area contributed by atoms with Crippen LogP contribution in [0.1, 0.15) is 47.3 Å². The first kappa shape index (κ1) is 23.8. The molecule has 0 spiro atoms. The van der Waals surface area contributed by atoms with E-state index in [0.29, 0.717) is 27.8 Å². The quantitative estimate of drug-likeness (QED) is 0.476. The molecular weight excluding hydrogens is 456 g/mol. The number of hydrogen-bond donors (Lipinski definition) is 1. The van der Waals surface area contributed by atoms with Crippen molar-refractivity contribution in [2.24, 2.45) is 0 Å². The third-order valence-electron chi connectivity index (χ3n) is 5.96. The number of ether oxygens (including phenoxy) is 3. The van der Waals surface area contributed by atoms with Gasteiger partial charge in [0.2, 0.25) is 0 Å². The molecule has 0 unspecified atom stereocenters. The lowest BCUT2D eigenvalue weighted by atomic mass is 9.91. The molecule has 1 amide bonds. The van der Waals surface area contributed by atoms with E-state index in [4.69, 9.17) is 30.8 Å². The lowest BCUT2D eigenvalue weighted by Gasteiger charge is -2.18. The molecule has 2 aromatic carbocycles. The SMILES string of the molecule is COc1cc(OC)c(NC(=O)COC(=O)c2c3c(nc4ccccc24)CCCCCC3)cc1Cl. The van der Waals surface area contributed by atoms with Crippen LogP contribution in [0.3, 0.4) is 0 Å². The first-order valence-electron chi connectivity index (χ1n) is 11.3. The highest BCUT2D eigenvalue weighted by molar-refractivity contribution is 6.32. The summed E-state index contributed by atoms with van der Waals surface area (Å²) >= 11 is 6.17. The van der Waals surface area contributed by atoms with Crippen molar-refractivity contribution in [3.63, 3.8) is 0 Å². The van der Waals surface area contributed by atoms with E-state index in [0.717, 1.165) is 60.7 Å². The number of fused-ring (bicyclic) bond motifs is 2. The molecule has 0 atom stereocenters. The van der Waals surface area contributed by atoms with Gasteiger partial charge in [-0.3, -0.25) is 9.78 Å². The van der Waals surface area contributed by atoms with Crippen molar-refractivity contribution in [1.82, 2.24) is 4.98 Å². The van der Waals surface area contributed by atoms with E-state index in [1.54, 1.807) is 6.07 Å². The van der Waals surface area contributed by atoms with Gasteiger partial charge >= 0.3 is 5.97 Å². The summed E-state index contributed by atoms with van der Waals surface area (Å²) in [6.07, 6.45) is 5.92. The van der Waals surface area contributed by atoms with E-state index in [1.165, 1.54) is 20.3 Å². The Hall–Kier alpha value is -3.32. The zero-order valence-corrected chi connectivity index (χ0v) is 20.0. The van der Waals surface area contributed by atoms with Gasteiger partial charge in [-0.05, 0) is 43.4 Å². The molecule has 0 saturated carbocycles. The van der Waals surface area contributed by atoms with Crippen LogP contribution in [0.25, 0.3) is 10.9 Å². The molecule has 8 heteroatoms. The Kier molecular flexibility index (Phi) is 7.53. The molecule has 1 N–H and O–H groups in total. The molecule has 1 aliphatic rings. The average molecular weight is 483 g/mol. The van der Waals surface area contributed by atoms with Gasteiger partial charge in [-0.25, -0.2) is 4.79 Å². The minimum Gasteiger partial charge on any atom is -0.495 e. The van der Waals surface area contributed by atoms with Crippen molar-refractivity contribution in [2.75, 3.05) is 26.1 Å². The van der Waals surface area contributed by atoms with Gasteiger partial charge in [0.05, 0.1) is 36.0 Å². The molecule has 4 rings (SSSR count). The Balaban J connectivity index is 1.55. The highest BCUT2D eigenvalue weighted by atomic mass is 35.5. The van der Waals surface area contributed by atoms with E-state index in [-0.39, 0.29) is 0 Å². The summed E-state index contributed by atoms with van der Waals surface area (Å²) in [6.45, 7) is -0.447. The second kappa shape index (κ2) is 10.7. The molecule has 0 saturated heterocycles. The van der Waals surface area contributed by atoms with Gasteiger partial charge in [0, 0.05) is 17.1 Å². The first-order chi connectivity index (χ1) is 16.5. The zero-order valence-electron chi connectivity index (χ0n) is 19.3. The number of hydrogen-bond acceptors (Lipinski definition) is 6. The van der Waals surface area contributed by atoms with E-state index < -0.39 is 18.5 Å². The fourth-order valence-electron chi connectivity index (χ4n) is 4.31. The second-order valence-corrected chi connectivity index (χ2v) is 8.56. The smallest absolute Gasteiger partial charge is 0.339 e. The Morgan fingerprint density at radius 1 is 1.00 bits per heavy atom. The second-order valence-electron chi connectivity index (χ2n) is 8.15. The highest BCUT2D eigenvalue weighted by Crippen LogP contribution is 2.36. The van der Waals surface area contributed by atoms with Gasteiger partial charge < -0.3 is 19.5 Å². The maximum absolute atomic E-state index is 13.3. The Bertz CT molecular complexity index is 1230. The van der Waals surface area contributed by atoms with Gasteiger partial charge in [0.15, 0.2) is 6.61 Å². The minimum absolute atomic E-state index is 0.317. The van der Waals surface area contributed by atoms with Crippen LogP contribution in [-0.2, 0) is 22.4 Å². The molecule has 3 aromatic rings. The molecule has 178 valence electrons. The minimum atomic E-state index is -0.523. The van der Waals surface area contributed by atoms with Gasteiger partial charge in [0.25, 0.3) is 5.91 Å². The normalized spacial score (nSPS) is 13.4. The summed E-state index contributed by atoms with van der Waals surface area (Å²) in [7, 11) is 2.96. The Morgan fingerprint density at radius 3 is 2.50 bits per heavy atom. The summed E-state index contributed by atoms with van der Waals surface area (Å²) in [5, 5.41) is 3.75. The van der Waals surface area contributed by atoms with E-state index in [2.05, 4.69) is 5.32 Å². The zero-order chi connectivity index (χ0) is 24.1. The van der Waals surface area contributed by atoms with E-state index in [9.17, 15) is 9.59 Å². The number of amides is 1. The third kappa shape index (κ3) is 5.09. The van der Waals surface area contributed by atoms with Gasteiger partial charge in [-0.15, -0.1) is 0 Å². The monoisotopic (exact) mass is 482 g/mol. The fraction of sp³-hybridized carbons (Fsp3) is 0.346. The number of carbonyl (C=O) groups excluding carboxylic acids is 2. The number of carbonyl (C=O) groups is 2.